The molecule has 0 spiro atoms. The van der Waals surface area contributed by atoms with Crippen LogP contribution in [0.2, 0.25) is 0 Å². The predicted octanol–water partition coefficient (Wildman–Crippen LogP) is 2.24. The molecule has 0 aromatic rings. The molecule has 1 fully saturated rings. The zero-order valence-corrected chi connectivity index (χ0v) is 12.8. The third-order valence-electron chi connectivity index (χ3n) is 2.56. The van der Waals surface area contributed by atoms with Gasteiger partial charge in [0.1, 0.15) is 0 Å². The van der Waals surface area contributed by atoms with E-state index in [2.05, 4.69) is 6.92 Å². The maximum atomic E-state index is 11.3. The topological polar surface area (TPSA) is 44.8 Å². The average Bonchev–Trinajstić information content (AvgIpc) is 2.29. The molecule has 4 nitrogen and oxygen atoms in total. The lowest BCUT2D eigenvalue weighted by molar-refractivity contribution is -0.109. The number of hydrogen-bond acceptors (Lipinski definition) is 5. The van der Waals surface area contributed by atoms with Gasteiger partial charge in [-0.1, -0.05) is 25.6 Å². The van der Waals surface area contributed by atoms with Crippen molar-refractivity contribution in [2.24, 2.45) is 5.92 Å². The van der Waals surface area contributed by atoms with Crippen molar-refractivity contribution in [3.63, 3.8) is 0 Å². The van der Waals surface area contributed by atoms with Crippen molar-refractivity contribution >= 4 is 25.7 Å². The Bertz CT molecular complexity index is 254. The number of rotatable bonds is 5. The van der Waals surface area contributed by atoms with Crippen molar-refractivity contribution in [2.45, 2.75) is 39.0 Å². The van der Waals surface area contributed by atoms with Gasteiger partial charge in [-0.2, -0.15) is 0 Å². The molecule has 1 atom stereocenters. The third-order valence-corrected chi connectivity index (χ3v) is 7.75. The van der Waals surface area contributed by atoms with Crippen molar-refractivity contribution in [3.05, 3.63) is 0 Å². The van der Waals surface area contributed by atoms with Crippen molar-refractivity contribution < 1.29 is 18.1 Å². The van der Waals surface area contributed by atoms with E-state index in [1.165, 1.54) is 11.8 Å². The van der Waals surface area contributed by atoms with E-state index in [0.717, 1.165) is 6.42 Å². The summed E-state index contributed by atoms with van der Waals surface area (Å²) < 4.78 is 17.6. The van der Waals surface area contributed by atoms with Gasteiger partial charge in [0.25, 0.3) is 0 Å². The van der Waals surface area contributed by atoms with Gasteiger partial charge in [-0.25, -0.2) is 0 Å². The van der Waals surface area contributed by atoms with Crippen LogP contribution in [0.15, 0.2) is 0 Å². The number of carbonyl (C=O) groups excluding carboxylic acids is 1. The smallest absolute Gasteiger partial charge is 0.373 e. The quantitative estimate of drug-likeness (QED) is 0.722. The molecule has 0 N–H and O–H groups in total. The first kappa shape index (κ1) is 15.2. The van der Waals surface area contributed by atoms with Crippen LogP contribution in [-0.4, -0.2) is 38.6 Å². The first-order valence-electron chi connectivity index (χ1n) is 6.13. The van der Waals surface area contributed by atoms with Crippen LogP contribution in [0.1, 0.15) is 34.1 Å². The minimum Gasteiger partial charge on any atom is -0.373 e. The molecule has 0 radical (unpaired) electrons. The highest BCUT2D eigenvalue weighted by Gasteiger charge is 2.52. The SMILES string of the molecule is CCO[Si]1(C(CC)SC(C)=O)OCC(C)CO1. The summed E-state index contributed by atoms with van der Waals surface area (Å²) in [7, 11) is -2.67. The summed E-state index contributed by atoms with van der Waals surface area (Å²) in [6, 6.07) is 0. The summed E-state index contributed by atoms with van der Waals surface area (Å²) in [4.78, 5) is 11.3. The first-order valence-corrected chi connectivity index (χ1v) is 8.81. The molecule has 17 heavy (non-hydrogen) atoms. The fourth-order valence-electron chi connectivity index (χ4n) is 1.78. The Balaban J connectivity index is 2.77. The Morgan fingerprint density at radius 2 is 2.06 bits per heavy atom. The lowest BCUT2D eigenvalue weighted by Gasteiger charge is -2.39. The fourth-order valence-corrected chi connectivity index (χ4v) is 6.77. The Morgan fingerprint density at radius 3 is 2.47 bits per heavy atom. The van der Waals surface area contributed by atoms with Gasteiger partial charge in [-0.05, 0) is 13.3 Å². The Labute approximate surface area is 109 Å². The Morgan fingerprint density at radius 1 is 1.47 bits per heavy atom. The van der Waals surface area contributed by atoms with Crippen molar-refractivity contribution in [3.8, 4) is 0 Å². The molecule has 0 amide bonds. The van der Waals surface area contributed by atoms with Crippen LogP contribution in [0.4, 0.5) is 0 Å². The van der Waals surface area contributed by atoms with Gasteiger partial charge in [0, 0.05) is 32.7 Å². The number of thioether (sulfide) groups is 1. The van der Waals surface area contributed by atoms with E-state index in [0.29, 0.717) is 25.7 Å². The average molecular weight is 278 g/mol. The van der Waals surface area contributed by atoms with E-state index in [9.17, 15) is 4.79 Å². The van der Waals surface area contributed by atoms with Crippen LogP contribution in [-0.2, 0) is 18.1 Å². The van der Waals surface area contributed by atoms with E-state index in [-0.39, 0.29) is 9.99 Å². The van der Waals surface area contributed by atoms with Gasteiger partial charge in [-0.15, -0.1) is 0 Å². The highest BCUT2D eigenvalue weighted by atomic mass is 32.2. The zero-order valence-electron chi connectivity index (χ0n) is 11.0. The van der Waals surface area contributed by atoms with E-state index < -0.39 is 8.80 Å². The lowest BCUT2D eigenvalue weighted by Crippen LogP contribution is -2.59. The molecular weight excluding hydrogens is 256 g/mol. The second-order valence-electron chi connectivity index (χ2n) is 4.27. The summed E-state index contributed by atoms with van der Waals surface area (Å²) in [5.74, 6) is 0.399. The lowest BCUT2D eigenvalue weighted by atomic mass is 10.2. The zero-order chi connectivity index (χ0) is 12.9. The van der Waals surface area contributed by atoms with Crippen LogP contribution in [0, 0.1) is 5.92 Å². The number of hydrogen-bond donors (Lipinski definition) is 0. The summed E-state index contributed by atoms with van der Waals surface area (Å²) in [5.41, 5.74) is 0. The molecule has 100 valence electrons. The van der Waals surface area contributed by atoms with Crippen molar-refractivity contribution in [2.75, 3.05) is 19.8 Å². The summed E-state index contributed by atoms with van der Waals surface area (Å²) >= 11 is 1.29. The van der Waals surface area contributed by atoms with Crippen LogP contribution in [0.3, 0.4) is 0 Å². The molecule has 1 rings (SSSR count). The standard InChI is InChI=1S/C11H22O4SSi/c1-5-11(16-10(4)12)17(13-6-2)14-7-9(3)8-15-17/h9,11H,5-8H2,1-4H3. The van der Waals surface area contributed by atoms with Gasteiger partial charge in [-0.3, -0.25) is 4.79 Å². The number of carbonyl (C=O) groups is 1. The van der Waals surface area contributed by atoms with Gasteiger partial charge in [0.15, 0.2) is 5.12 Å². The molecule has 1 saturated heterocycles. The van der Waals surface area contributed by atoms with E-state index in [4.69, 9.17) is 13.3 Å². The Kier molecular flexibility index (Phi) is 6.15. The highest BCUT2D eigenvalue weighted by molar-refractivity contribution is 8.15. The molecule has 0 saturated carbocycles. The monoisotopic (exact) mass is 278 g/mol. The minimum absolute atomic E-state index is 0.0208. The molecule has 1 heterocycles. The van der Waals surface area contributed by atoms with E-state index >= 15 is 0 Å². The second-order valence-corrected chi connectivity index (χ2v) is 8.84. The maximum Gasteiger partial charge on any atom is 0.515 e. The molecular formula is C11H22O4SSi. The molecule has 0 aromatic heterocycles. The highest BCUT2D eigenvalue weighted by Crippen LogP contribution is 2.32. The van der Waals surface area contributed by atoms with Crippen LogP contribution in [0.5, 0.6) is 0 Å². The molecule has 6 heteroatoms. The summed E-state index contributed by atoms with van der Waals surface area (Å²) in [5, 5.41) is 0.0919. The van der Waals surface area contributed by atoms with Gasteiger partial charge in [0.2, 0.25) is 0 Å². The van der Waals surface area contributed by atoms with E-state index in [1.54, 1.807) is 6.92 Å². The molecule has 1 aliphatic heterocycles. The molecule has 0 aromatic carbocycles. The van der Waals surface area contributed by atoms with Crippen LogP contribution < -0.4 is 0 Å². The van der Waals surface area contributed by atoms with Crippen molar-refractivity contribution in [1.82, 2.24) is 0 Å². The molecule has 1 unspecified atom stereocenters. The van der Waals surface area contributed by atoms with Gasteiger partial charge in [0.05, 0.1) is 4.87 Å². The largest absolute Gasteiger partial charge is 0.515 e. The normalized spacial score (nSPS) is 31.2. The fraction of sp³-hybridized carbons (Fsp3) is 0.909. The van der Waals surface area contributed by atoms with Gasteiger partial charge >= 0.3 is 8.80 Å². The third kappa shape index (κ3) is 4.06. The summed E-state index contributed by atoms with van der Waals surface area (Å²) in [6.07, 6.45) is 0.824. The maximum absolute atomic E-state index is 11.3. The van der Waals surface area contributed by atoms with Crippen LogP contribution in [0.25, 0.3) is 0 Å². The first-order chi connectivity index (χ1) is 8.04. The van der Waals surface area contributed by atoms with Crippen molar-refractivity contribution in [1.29, 1.82) is 0 Å². The minimum atomic E-state index is -2.67. The predicted molar refractivity (Wildman–Crippen MR) is 70.8 cm³/mol. The molecule has 0 bridgehead atoms. The van der Waals surface area contributed by atoms with E-state index in [1.807, 2.05) is 13.8 Å². The van der Waals surface area contributed by atoms with Crippen LogP contribution >= 0.6 is 11.8 Å². The second kappa shape index (κ2) is 6.89. The van der Waals surface area contributed by atoms with Gasteiger partial charge < -0.3 is 13.3 Å². The molecule has 0 aliphatic carbocycles. The summed E-state index contributed by atoms with van der Waals surface area (Å²) in [6.45, 7) is 9.54. The molecule has 1 aliphatic rings. The Hall–Kier alpha value is 0.117.